The first-order valence-corrected chi connectivity index (χ1v) is 14.9. The van der Waals surface area contributed by atoms with Gasteiger partial charge in [0.15, 0.2) is 11.5 Å². The number of unbranched alkanes of at least 4 members (excludes halogenated alkanes) is 3. The summed E-state index contributed by atoms with van der Waals surface area (Å²) < 4.78 is 5.25. The van der Waals surface area contributed by atoms with Gasteiger partial charge in [0.1, 0.15) is 23.1 Å². The van der Waals surface area contributed by atoms with E-state index in [-0.39, 0.29) is 41.7 Å². The zero-order chi connectivity index (χ0) is 30.8. The smallest absolute Gasteiger partial charge is 0.162 e. The zero-order valence-electron chi connectivity index (χ0n) is 25.0. The van der Waals surface area contributed by atoms with E-state index >= 15 is 0 Å². The number of phenols is 3. The second-order valence-electron chi connectivity index (χ2n) is 11.1. The average molecular weight is 584 g/mol. The molecular formula is C36H41NO6. The van der Waals surface area contributed by atoms with E-state index in [0.29, 0.717) is 30.7 Å². The minimum Gasteiger partial charge on any atom is -0.508 e. The van der Waals surface area contributed by atoms with E-state index in [4.69, 9.17) is 4.74 Å². The Bertz CT molecular complexity index is 1580. The summed E-state index contributed by atoms with van der Waals surface area (Å²) in [5.74, 6) is 0.842. The van der Waals surface area contributed by atoms with Crippen LogP contribution in [0.2, 0.25) is 0 Å². The first kappa shape index (κ1) is 31.6. The van der Waals surface area contributed by atoms with Crippen molar-refractivity contribution in [3.8, 4) is 34.1 Å². The Morgan fingerprint density at radius 2 is 1.51 bits per heavy atom. The lowest BCUT2D eigenvalue weighted by Gasteiger charge is -2.13. The van der Waals surface area contributed by atoms with Gasteiger partial charge in [-0.2, -0.15) is 0 Å². The molecule has 4 rings (SSSR count). The number of Topliss-reactive ketones (excluding diaryl/α,β-unsaturated/α-hetero) is 2. The standard InChI is InChI=1S/C36H41NO6/c1-37-23-29-18-24(19-34(43-2)36(29)42)12-16-32(40)22-30(38)10-6-4-3-5-8-25-9-7-11-33(41)35(25)28-14-13-27-21-31(39)17-15-26(27)20-28/h7,9,11,13-15,17-21,37,39,41-42H,3-6,8,10,12,16,22-23H2,1-2H3. The maximum atomic E-state index is 12.5. The van der Waals surface area contributed by atoms with Gasteiger partial charge in [0, 0.05) is 30.5 Å². The number of benzene rings is 4. The van der Waals surface area contributed by atoms with E-state index in [9.17, 15) is 24.9 Å². The minimum absolute atomic E-state index is 0.0240. The van der Waals surface area contributed by atoms with Crippen LogP contribution in [0.4, 0.5) is 0 Å². The Morgan fingerprint density at radius 3 is 2.30 bits per heavy atom. The largest absolute Gasteiger partial charge is 0.508 e. The Hall–Kier alpha value is -4.36. The van der Waals surface area contributed by atoms with E-state index < -0.39 is 0 Å². The highest BCUT2D eigenvalue weighted by atomic mass is 16.5. The maximum absolute atomic E-state index is 12.5. The number of aromatic hydroxyl groups is 3. The van der Waals surface area contributed by atoms with Crippen LogP contribution in [0.5, 0.6) is 23.0 Å². The molecule has 0 aliphatic carbocycles. The number of carbonyl (C=O) groups excluding carboxylic acids is 2. The lowest BCUT2D eigenvalue weighted by atomic mass is 9.93. The molecule has 0 saturated carbocycles. The second-order valence-corrected chi connectivity index (χ2v) is 11.1. The Balaban J connectivity index is 1.20. The first-order valence-electron chi connectivity index (χ1n) is 14.9. The van der Waals surface area contributed by atoms with Crippen LogP contribution in [0.3, 0.4) is 0 Å². The van der Waals surface area contributed by atoms with Crippen molar-refractivity contribution in [3.05, 3.63) is 83.4 Å². The molecule has 4 aromatic rings. The van der Waals surface area contributed by atoms with Gasteiger partial charge in [-0.15, -0.1) is 0 Å². The molecular weight excluding hydrogens is 542 g/mol. The molecule has 0 fully saturated rings. The van der Waals surface area contributed by atoms with Crippen molar-refractivity contribution in [2.24, 2.45) is 0 Å². The van der Waals surface area contributed by atoms with Gasteiger partial charge in [0.05, 0.1) is 13.5 Å². The number of aryl methyl sites for hydroxylation is 2. The van der Waals surface area contributed by atoms with Crippen LogP contribution in [0.25, 0.3) is 21.9 Å². The Kier molecular flexibility index (Phi) is 11.2. The predicted octanol–water partition coefficient (Wildman–Crippen LogP) is 7.01. The molecule has 0 radical (unpaired) electrons. The van der Waals surface area contributed by atoms with Crippen LogP contribution in [0.1, 0.15) is 61.6 Å². The van der Waals surface area contributed by atoms with Crippen molar-refractivity contribution < 1.29 is 29.6 Å². The van der Waals surface area contributed by atoms with Gasteiger partial charge < -0.3 is 25.4 Å². The van der Waals surface area contributed by atoms with Gasteiger partial charge in [0.2, 0.25) is 0 Å². The normalized spacial score (nSPS) is 11.1. The fourth-order valence-electron chi connectivity index (χ4n) is 5.54. The van der Waals surface area contributed by atoms with E-state index in [2.05, 4.69) is 5.32 Å². The van der Waals surface area contributed by atoms with Gasteiger partial charge in [-0.3, -0.25) is 9.59 Å². The summed E-state index contributed by atoms with van der Waals surface area (Å²) in [7, 11) is 3.29. The SMILES string of the molecule is CNCc1cc(CCC(=O)CC(=O)CCCCCCc2cccc(O)c2-c2ccc3cc(O)ccc3c2)cc(OC)c1O. The summed E-state index contributed by atoms with van der Waals surface area (Å²) in [6.45, 7) is 0.481. The number of methoxy groups -OCH3 is 1. The number of phenolic OH excluding ortho intramolecular Hbond substituents is 3. The van der Waals surface area contributed by atoms with Crippen LogP contribution >= 0.6 is 0 Å². The third-order valence-electron chi connectivity index (χ3n) is 7.78. The molecule has 4 N–H and O–H groups in total. The predicted molar refractivity (Wildman–Crippen MR) is 170 cm³/mol. The summed E-state index contributed by atoms with van der Waals surface area (Å²) >= 11 is 0. The van der Waals surface area contributed by atoms with Crippen LogP contribution in [-0.4, -0.2) is 41.0 Å². The number of rotatable bonds is 16. The Morgan fingerprint density at radius 1 is 0.767 bits per heavy atom. The minimum atomic E-state index is -0.0749. The molecule has 0 spiro atoms. The summed E-state index contributed by atoms with van der Waals surface area (Å²) in [6.07, 6.45) is 5.44. The molecule has 0 aliphatic heterocycles. The molecule has 43 heavy (non-hydrogen) atoms. The molecule has 0 aliphatic rings. The third kappa shape index (κ3) is 8.58. The highest BCUT2D eigenvalue weighted by Gasteiger charge is 2.14. The number of hydrogen-bond donors (Lipinski definition) is 4. The Labute approximate surface area is 253 Å². The van der Waals surface area contributed by atoms with Crippen LogP contribution in [0, 0.1) is 0 Å². The molecule has 0 unspecified atom stereocenters. The van der Waals surface area contributed by atoms with Gasteiger partial charge in [0.25, 0.3) is 0 Å². The number of carbonyl (C=O) groups is 2. The quantitative estimate of drug-likeness (QED) is 0.0829. The monoisotopic (exact) mass is 583 g/mol. The lowest BCUT2D eigenvalue weighted by molar-refractivity contribution is -0.127. The summed E-state index contributed by atoms with van der Waals surface area (Å²) in [5.41, 5.74) is 4.43. The van der Waals surface area contributed by atoms with Crippen molar-refractivity contribution in [1.82, 2.24) is 5.32 Å². The number of ketones is 2. The number of hydrogen-bond acceptors (Lipinski definition) is 7. The number of nitrogens with one attached hydrogen (secondary N) is 1. The molecule has 0 amide bonds. The molecule has 4 aromatic carbocycles. The molecule has 0 aromatic heterocycles. The van der Waals surface area contributed by atoms with Crippen molar-refractivity contribution in [3.63, 3.8) is 0 Å². The summed E-state index contributed by atoms with van der Waals surface area (Å²) in [4.78, 5) is 24.9. The van der Waals surface area contributed by atoms with Crippen LogP contribution in [-0.2, 0) is 29.0 Å². The molecule has 0 saturated heterocycles. The first-order chi connectivity index (χ1) is 20.8. The zero-order valence-corrected chi connectivity index (χ0v) is 25.0. The van der Waals surface area contributed by atoms with E-state index in [1.165, 1.54) is 7.11 Å². The highest BCUT2D eigenvalue weighted by Crippen LogP contribution is 2.36. The van der Waals surface area contributed by atoms with Crippen molar-refractivity contribution in [1.29, 1.82) is 0 Å². The molecule has 226 valence electrons. The van der Waals surface area contributed by atoms with Crippen LogP contribution in [0.15, 0.2) is 66.7 Å². The average Bonchev–Trinajstić information content (AvgIpc) is 2.99. The summed E-state index contributed by atoms with van der Waals surface area (Å²) in [6, 6.07) is 20.4. The second kappa shape index (κ2) is 15.2. The lowest BCUT2D eigenvalue weighted by Crippen LogP contribution is -2.09. The molecule has 7 heteroatoms. The molecule has 7 nitrogen and oxygen atoms in total. The van der Waals surface area contributed by atoms with E-state index in [1.54, 1.807) is 31.3 Å². The van der Waals surface area contributed by atoms with Gasteiger partial charge in [-0.05, 0) is 90.5 Å². The fourth-order valence-corrected chi connectivity index (χ4v) is 5.54. The summed E-state index contributed by atoms with van der Waals surface area (Å²) in [5, 5.41) is 35.6. The van der Waals surface area contributed by atoms with Gasteiger partial charge in [-0.25, -0.2) is 0 Å². The van der Waals surface area contributed by atoms with Crippen LogP contribution < -0.4 is 10.1 Å². The molecule has 0 heterocycles. The number of fused-ring (bicyclic) bond motifs is 1. The van der Waals surface area contributed by atoms with Crippen molar-refractivity contribution in [2.45, 2.75) is 64.3 Å². The van der Waals surface area contributed by atoms with Crippen molar-refractivity contribution in [2.75, 3.05) is 14.2 Å². The molecule has 0 bridgehead atoms. The molecule has 0 atom stereocenters. The van der Waals surface area contributed by atoms with Gasteiger partial charge >= 0.3 is 0 Å². The van der Waals surface area contributed by atoms with Gasteiger partial charge in [-0.1, -0.05) is 49.2 Å². The van der Waals surface area contributed by atoms with E-state index in [0.717, 1.165) is 65.1 Å². The topological polar surface area (TPSA) is 116 Å². The maximum Gasteiger partial charge on any atom is 0.162 e. The number of ether oxygens (including phenoxy) is 1. The fraction of sp³-hybridized carbons (Fsp3) is 0.333. The van der Waals surface area contributed by atoms with E-state index in [1.807, 2.05) is 42.5 Å². The van der Waals surface area contributed by atoms with Crippen molar-refractivity contribution >= 4 is 22.3 Å². The third-order valence-corrected chi connectivity index (χ3v) is 7.78. The highest BCUT2D eigenvalue weighted by molar-refractivity contribution is 5.99.